The van der Waals surface area contributed by atoms with Gasteiger partial charge in [-0.2, -0.15) is 13.2 Å². The van der Waals surface area contributed by atoms with E-state index in [0.717, 1.165) is 6.07 Å². The van der Waals surface area contributed by atoms with Crippen LogP contribution in [-0.4, -0.2) is 14.5 Å². The van der Waals surface area contributed by atoms with Gasteiger partial charge >= 0.3 is 6.18 Å². The van der Waals surface area contributed by atoms with Crippen molar-refractivity contribution in [1.82, 2.24) is 14.5 Å². The molecule has 22 heavy (non-hydrogen) atoms. The molecule has 1 aromatic carbocycles. The Bertz CT molecular complexity index is 806. The molecule has 2 aromatic heterocycles. The predicted molar refractivity (Wildman–Crippen MR) is 77.5 cm³/mol. The van der Waals surface area contributed by atoms with Crippen molar-refractivity contribution in [3.05, 3.63) is 59.5 Å². The van der Waals surface area contributed by atoms with Crippen molar-refractivity contribution in [3.8, 4) is 0 Å². The summed E-state index contributed by atoms with van der Waals surface area (Å²) in [4.78, 5) is 8.70. The first-order valence-electron chi connectivity index (χ1n) is 6.96. The van der Waals surface area contributed by atoms with Crippen LogP contribution in [0.4, 0.5) is 13.2 Å². The van der Waals surface area contributed by atoms with Crippen molar-refractivity contribution < 1.29 is 13.2 Å². The molecule has 0 aliphatic carbocycles. The van der Waals surface area contributed by atoms with Crippen LogP contribution in [0.3, 0.4) is 0 Å². The highest BCUT2D eigenvalue weighted by atomic mass is 19.4. The van der Waals surface area contributed by atoms with Crippen molar-refractivity contribution in [2.75, 3.05) is 0 Å². The lowest BCUT2D eigenvalue weighted by Gasteiger charge is -2.13. The van der Waals surface area contributed by atoms with E-state index in [1.807, 2.05) is 17.6 Å². The molecular weight excluding hydrogens is 291 g/mol. The molecule has 3 rings (SSSR count). The standard InChI is InChI=1S/C16H14F3N3/c1-2-22-14(21-13-8-5-9-20-15(13)22)10-11-6-3-4-7-12(11)16(17,18)19/h3-9H,2,10H2,1H3. The minimum atomic E-state index is -4.36. The first-order valence-corrected chi connectivity index (χ1v) is 6.96. The van der Waals surface area contributed by atoms with Gasteiger partial charge < -0.3 is 4.57 Å². The van der Waals surface area contributed by atoms with E-state index in [0.29, 0.717) is 23.5 Å². The molecule has 6 heteroatoms. The third-order valence-electron chi connectivity index (χ3n) is 3.57. The second-order valence-electron chi connectivity index (χ2n) is 4.95. The molecule has 0 radical (unpaired) electrons. The van der Waals surface area contributed by atoms with E-state index in [9.17, 15) is 13.2 Å². The molecule has 0 fully saturated rings. The van der Waals surface area contributed by atoms with Crippen LogP contribution in [0.25, 0.3) is 11.2 Å². The Kier molecular flexibility index (Phi) is 3.60. The summed E-state index contributed by atoms with van der Waals surface area (Å²) in [6.45, 7) is 2.53. The Morgan fingerprint density at radius 3 is 2.59 bits per heavy atom. The maximum absolute atomic E-state index is 13.1. The number of rotatable bonds is 3. The van der Waals surface area contributed by atoms with Crippen molar-refractivity contribution in [2.45, 2.75) is 26.1 Å². The van der Waals surface area contributed by atoms with Crippen molar-refractivity contribution >= 4 is 11.2 Å². The summed E-state index contributed by atoms with van der Waals surface area (Å²) in [6.07, 6.45) is -2.58. The summed E-state index contributed by atoms with van der Waals surface area (Å²) in [5.41, 5.74) is 1.01. The molecule has 0 amide bonds. The molecule has 0 bridgehead atoms. The van der Waals surface area contributed by atoms with Gasteiger partial charge in [-0.05, 0) is 30.7 Å². The van der Waals surface area contributed by atoms with Crippen LogP contribution >= 0.6 is 0 Å². The topological polar surface area (TPSA) is 30.7 Å². The fraction of sp³-hybridized carbons (Fsp3) is 0.250. The zero-order valence-electron chi connectivity index (χ0n) is 11.9. The molecule has 0 aliphatic heterocycles. The molecule has 0 saturated carbocycles. The molecule has 0 N–H and O–H groups in total. The van der Waals surface area contributed by atoms with E-state index in [1.54, 1.807) is 18.3 Å². The maximum Gasteiger partial charge on any atom is 0.416 e. The smallest absolute Gasteiger partial charge is 0.313 e. The number of fused-ring (bicyclic) bond motifs is 1. The number of nitrogens with zero attached hydrogens (tertiary/aromatic N) is 3. The first kappa shape index (κ1) is 14.6. The summed E-state index contributed by atoms with van der Waals surface area (Å²) >= 11 is 0. The van der Waals surface area contributed by atoms with Gasteiger partial charge in [-0.1, -0.05) is 18.2 Å². The van der Waals surface area contributed by atoms with Gasteiger partial charge in [0.1, 0.15) is 11.3 Å². The lowest BCUT2D eigenvalue weighted by Crippen LogP contribution is -2.11. The molecule has 0 aliphatic rings. The van der Waals surface area contributed by atoms with Gasteiger partial charge in [0.2, 0.25) is 0 Å². The zero-order chi connectivity index (χ0) is 15.7. The Hall–Kier alpha value is -2.37. The van der Waals surface area contributed by atoms with Crippen LogP contribution in [0.1, 0.15) is 23.9 Å². The van der Waals surface area contributed by atoms with E-state index in [1.165, 1.54) is 12.1 Å². The van der Waals surface area contributed by atoms with Crippen molar-refractivity contribution in [1.29, 1.82) is 0 Å². The number of aromatic nitrogens is 3. The van der Waals surface area contributed by atoms with E-state index in [2.05, 4.69) is 9.97 Å². The largest absolute Gasteiger partial charge is 0.416 e. The number of hydrogen-bond donors (Lipinski definition) is 0. The van der Waals surface area contributed by atoms with E-state index < -0.39 is 11.7 Å². The maximum atomic E-state index is 13.1. The molecule has 114 valence electrons. The van der Waals surface area contributed by atoms with Crippen LogP contribution in [0.15, 0.2) is 42.6 Å². The average Bonchev–Trinajstić information content (AvgIpc) is 2.83. The average molecular weight is 305 g/mol. The Morgan fingerprint density at radius 1 is 1.09 bits per heavy atom. The molecule has 3 nitrogen and oxygen atoms in total. The van der Waals surface area contributed by atoms with E-state index >= 15 is 0 Å². The monoisotopic (exact) mass is 305 g/mol. The third kappa shape index (κ3) is 2.56. The fourth-order valence-corrected chi connectivity index (χ4v) is 2.59. The van der Waals surface area contributed by atoms with Crippen molar-refractivity contribution in [3.63, 3.8) is 0 Å². The predicted octanol–water partition coefficient (Wildman–Crippen LogP) is 4.06. The number of imidazole rings is 1. The molecule has 0 saturated heterocycles. The Morgan fingerprint density at radius 2 is 1.86 bits per heavy atom. The van der Waals surface area contributed by atoms with E-state index in [-0.39, 0.29) is 12.0 Å². The highest BCUT2D eigenvalue weighted by Gasteiger charge is 2.33. The Balaban J connectivity index is 2.08. The van der Waals surface area contributed by atoms with Crippen LogP contribution in [0.5, 0.6) is 0 Å². The Labute approximate surface area is 125 Å². The van der Waals surface area contributed by atoms with Gasteiger partial charge in [-0.15, -0.1) is 0 Å². The van der Waals surface area contributed by atoms with Crippen molar-refractivity contribution in [2.24, 2.45) is 0 Å². The van der Waals surface area contributed by atoms with Gasteiger partial charge in [0.05, 0.1) is 5.56 Å². The number of halogens is 3. The number of hydrogen-bond acceptors (Lipinski definition) is 2. The van der Waals surface area contributed by atoms with Gasteiger partial charge in [0.15, 0.2) is 5.65 Å². The highest BCUT2D eigenvalue weighted by molar-refractivity contribution is 5.71. The quantitative estimate of drug-likeness (QED) is 0.730. The summed E-state index contributed by atoms with van der Waals surface area (Å²) < 4.78 is 41.1. The summed E-state index contributed by atoms with van der Waals surface area (Å²) in [7, 11) is 0. The second-order valence-corrected chi connectivity index (χ2v) is 4.95. The summed E-state index contributed by atoms with van der Waals surface area (Å²) in [5.74, 6) is 0.591. The lowest BCUT2D eigenvalue weighted by atomic mass is 10.0. The third-order valence-corrected chi connectivity index (χ3v) is 3.57. The van der Waals surface area contributed by atoms with Crippen LogP contribution < -0.4 is 0 Å². The molecule has 2 heterocycles. The zero-order valence-corrected chi connectivity index (χ0v) is 11.9. The SMILES string of the molecule is CCn1c(Cc2ccccc2C(F)(F)F)nc2cccnc21. The normalized spacial score (nSPS) is 12.0. The summed E-state index contributed by atoms with van der Waals surface area (Å²) in [5, 5.41) is 0. The molecular formula is C16H14F3N3. The van der Waals surface area contributed by atoms with Gasteiger partial charge in [0.25, 0.3) is 0 Å². The number of alkyl halides is 3. The minimum absolute atomic E-state index is 0.125. The fourth-order valence-electron chi connectivity index (χ4n) is 2.59. The van der Waals surface area contributed by atoms with Gasteiger partial charge in [-0.25, -0.2) is 9.97 Å². The number of benzene rings is 1. The molecule has 0 atom stereocenters. The van der Waals surface area contributed by atoms with Gasteiger partial charge in [0, 0.05) is 19.2 Å². The van der Waals surface area contributed by atoms with E-state index in [4.69, 9.17) is 0 Å². The molecule has 0 spiro atoms. The second kappa shape index (κ2) is 5.44. The van der Waals surface area contributed by atoms with Crippen LogP contribution in [-0.2, 0) is 19.1 Å². The van der Waals surface area contributed by atoms with Crippen LogP contribution in [0.2, 0.25) is 0 Å². The summed E-state index contributed by atoms with van der Waals surface area (Å²) in [6, 6.07) is 9.19. The minimum Gasteiger partial charge on any atom is -0.313 e. The molecule has 3 aromatic rings. The highest BCUT2D eigenvalue weighted by Crippen LogP contribution is 2.33. The van der Waals surface area contributed by atoms with Crippen LogP contribution in [0, 0.1) is 0 Å². The number of pyridine rings is 1. The molecule has 0 unspecified atom stereocenters. The van der Waals surface area contributed by atoms with Gasteiger partial charge in [-0.3, -0.25) is 0 Å². The first-order chi connectivity index (χ1) is 10.5. The lowest BCUT2D eigenvalue weighted by molar-refractivity contribution is -0.138. The number of aryl methyl sites for hydroxylation is 1.